The molecule has 10 heteroatoms. The van der Waals surface area contributed by atoms with Gasteiger partial charge in [0.25, 0.3) is 0 Å². The molecule has 0 radical (unpaired) electrons. The maximum Gasteiger partial charge on any atom is 0.344 e. The lowest BCUT2D eigenvalue weighted by molar-refractivity contribution is -0.148. The highest BCUT2D eigenvalue weighted by Crippen LogP contribution is 2.01. The third-order valence-corrected chi connectivity index (χ3v) is 3.55. The zero-order chi connectivity index (χ0) is 28.8. The van der Waals surface area contributed by atoms with Crippen LogP contribution in [0.15, 0.2) is 24.3 Å². The lowest BCUT2D eigenvalue weighted by Crippen LogP contribution is -2.17. The maximum absolute atomic E-state index is 11.2. The number of carbonyl (C=O) groups excluding carboxylic acids is 4. The second-order valence-electron chi connectivity index (χ2n) is 6.71. The molecule has 0 aliphatic carbocycles. The van der Waals surface area contributed by atoms with Gasteiger partial charge in [0, 0.05) is 13.2 Å². The van der Waals surface area contributed by atoms with Gasteiger partial charge in [-0.3, -0.25) is 0 Å². The van der Waals surface area contributed by atoms with E-state index < -0.39 is 23.9 Å². The smallest absolute Gasteiger partial charge is 0.344 e. The van der Waals surface area contributed by atoms with Gasteiger partial charge in [-0.1, -0.05) is 52.7 Å². The molecule has 0 aromatic carbocycles. The summed E-state index contributed by atoms with van der Waals surface area (Å²) in [6.07, 6.45) is 6.18. The van der Waals surface area contributed by atoms with Gasteiger partial charge in [0.15, 0.2) is 0 Å². The summed E-state index contributed by atoms with van der Waals surface area (Å²) in [5.74, 6) is -2.85. The van der Waals surface area contributed by atoms with Crippen LogP contribution in [0.2, 0.25) is 0 Å². The first-order valence-corrected chi connectivity index (χ1v) is 12.4. The molecule has 0 unspecified atom stereocenters. The minimum Gasteiger partial charge on any atom is -0.462 e. The van der Waals surface area contributed by atoms with Crippen molar-refractivity contribution in [2.75, 3.05) is 39.6 Å². The summed E-state index contributed by atoms with van der Waals surface area (Å²) in [4.78, 5) is 43.9. The van der Waals surface area contributed by atoms with Crippen LogP contribution in [-0.4, -0.2) is 73.7 Å². The van der Waals surface area contributed by atoms with E-state index in [0.717, 1.165) is 32.1 Å². The Balaban J connectivity index is -0.000000216. The maximum atomic E-state index is 11.2. The van der Waals surface area contributed by atoms with E-state index in [-0.39, 0.29) is 37.6 Å². The molecule has 0 heterocycles. The monoisotopic (exact) mass is 520 g/mol. The number of hydrogen-bond donors (Lipinski definition) is 2. The summed E-state index contributed by atoms with van der Waals surface area (Å²) in [5, 5.41) is 15.8. The Bertz CT molecular complexity index is 576. The van der Waals surface area contributed by atoms with Crippen molar-refractivity contribution in [1.29, 1.82) is 0 Å². The van der Waals surface area contributed by atoms with E-state index in [1.807, 2.05) is 0 Å². The van der Waals surface area contributed by atoms with E-state index in [2.05, 4.69) is 41.2 Å². The molecule has 0 atom stereocenters. The predicted octanol–water partition coefficient (Wildman–Crippen LogP) is 3.68. The van der Waals surface area contributed by atoms with E-state index in [1.165, 1.54) is 6.42 Å². The van der Waals surface area contributed by atoms with E-state index in [4.69, 9.17) is 14.9 Å². The van der Waals surface area contributed by atoms with E-state index in [9.17, 15) is 19.2 Å². The second kappa shape index (κ2) is 32.3. The highest BCUT2D eigenvalue weighted by molar-refractivity contribution is 6.13. The number of hydrogen-bond acceptors (Lipinski definition) is 10. The first-order chi connectivity index (χ1) is 17.1. The zero-order valence-corrected chi connectivity index (χ0v) is 23.1. The molecular weight excluding hydrogens is 472 g/mol. The average Bonchev–Trinajstić information content (AvgIpc) is 2.86. The van der Waals surface area contributed by atoms with Crippen LogP contribution in [0, 0.1) is 0 Å². The fourth-order valence-corrected chi connectivity index (χ4v) is 1.79. The highest BCUT2D eigenvalue weighted by atomic mass is 16.6. The summed E-state index contributed by atoms with van der Waals surface area (Å²) in [6, 6.07) is 0. The number of aliphatic hydroxyl groups is 2. The quantitative estimate of drug-likeness (QED) is 0.0868. The van der Waals surface area contributed by atoms with Crippen molar-refractivity contribution in [2.45, 2.75) is 80.1 Å². The molecule has 0 saturated heterocycles. The average molecular weight is 521 g/mol. The van der Waals surface area contributed by atoms with Crippen LogP contribution >= 0.6 is 0 Å². The van der Waals surface area contributed by atoms with Crippen LogP contribution in [0.1, 0.15) is 80.1 Å². The minimum atomic E-state index is -0.726. The van der Waals surface area contributed by atoms with Crippen molar-refractivity contribution in [3.63, 3.8) is 0 Å². The molecule has 0 aliphatic heterocycles. The Morgan fingerprint density at radius 3 is 1.11 bits per heavy atom. The van der Waals surface area contributed by atoms with Gasteiger partial charge >= 0.3 is 23.9 Å². The van der Waals surface area contributed by atoms with Crippen molar-refractivity contribution >= 4 is 23.9 Å². The molecule has 212 valence electrons. The molecule has 0 rings (SSSR count). The first kappa shape index (κ1) is 40.4. The van der Waals surface area contributed by atoms with Gasteiger partial charge in [-0.15, -0.1) is 0 Å². The van der Waals surface area contributed by atoms with Gasteiger partial charge in [0.1, 0.15) is 11.1 Å². The normalized spacial score (nSPS) is 8.89. The third-order valence-electron chi connectivity index (χ3n) is 3.55. The molecule has 0 bridgehead atoms. The molecule has 0 amide bonds. The van der Waals surface area contributed by atoms with E-state index >= 15 is 0 Å². The summed E-state index contributed by atoms with van der Waals surface area (Å²) in [7, 11) is 0. The number of carbonyl (C=O) groups is 4. The van der Waals surface area contributed by atoms with Crippen LogP contribution in [0.4, 0.5) is 0 Å². The predicted molar refractivity (Wildman–Crippen MR) is 138 cm³/mol. The van der Waals surface area contributed by atoms with Crippen LogP contribution in [0.25, 0.3) is 0 Å². The number of unbranched alkanes of at least 4 members (excludes halogenated alkanes) is 4. The Morgan fingerprint density at radius 2 is 0.861 bits per heavy atom. The Morgan fingerprint density at radius 1 is 0.556 bits per heavy atom. The standard InChI is InChI=1S/C11H18O4.C8H12O4.C5H12O.C2H6O/c1-4-6-7-8-15-11(13)9(3)10(12)14-5-2;1-4-11-7(9)6(3)8(10)12-5-2;1-2-3-4-5-6;1-2-3/h3-8H2,1-2H3;3-5H2,1-2H3;6H,2-5H2,1H3;3H,2H2,1H3. The van der Waals surface area contributed by atoms with Gasteiger partial charge in [0.05, 0.1) is 26.4 Å². The molecule has 0 aliphatic rings. The van der Waals surface area contributed by atoms with Crippen LogP contribution in [0.3, 0.4) is 0 Å². The second-order valence-corrected chi connectivity index (χ2v) is 6.71. The van der Waals surface area contributed by atoms with Crippen molar-refractivity contribution in [3.05, 3.63) is 24.3 Å². The molecule has 2 N–H and O–H groups in total. The van der Waals surface area contributed by atoms with E-state index in [0.29, 0.717) is 13.2 Å². The molecule has 36 heavy (non-hydrogen) atoms. The number of rotatable bonds is 14. The van der Waals surface area contributed by atoms with Crippen LogP contribution < -0.4 is 0 Å². The van der Waals surface area contributed by atoms with Gasteiger partial charge in [-0.2, -0.15) is 0 Å². The van der Waals surface area contributed by atoms with Gasteiger partial charge < -0.3 is 29.2 Å². The van der Waals surface area contributed by atoms with Crippen molar-refractivity contribution in [1.82, 2.24) is 0 Å². The highest BCUT2D eigenvalue weighted by Gasteiger charge is 2.18. The largest absolute Gasteiger partial charge is 0.462 e. The fourth-order valence-electron chi connectivity index (χ4n) is 1.79. The number of aliphatic hydroxyl groups excluding tert-OH is 2. The Labute approximate surface area is 216 Å². The van der Waals surface area contributed by atoms with Gasteiger partial charge in [-0.05, 0) is 40.5 Å². The number of esters is 4. The molecule has 0 fully saturated rings. The molecule has 0 aromatic rings. The Hall–Kier alpha value is -2.72. The molecule has 0 saturated carbocycles. The molecule has 10 nitrogen and oxygen atoms in total. The Kier molecular flexibility index (Phi) is 36.3. The summed E-state index contributed by atoms with van der Waals surface area (Å²) >= 11 is 0. The van der Waals surface area contributed by atoms with Gasteiger partial charge in [0.2, 0.25) is 0 Å². The van der Waals surface area contributed by atoms with Crippen molar-refractivity contribution < 1.29 is 48.3 Å². The lowest BCUT2D eigenvalue weighted by Gasteiger charge is -2.05. The molecule has 0 spiro atoms. The summed E-state index contributed by atoms with van der Waals surface area (Å²) in [5.41, 5.74) is -0.507. The van der Waals surface area contributed by atoms with Crippen LogP contribution in [0.5, 0.6) is 0 Å². The van der Waals surface area contributed by atoms with Crippen LogP contribution in [-0.2, 0) is 38.1 Å². The van der Waals surface area contributed by atoms with Gasteiger partial charge in [-0.25, -0.2) is 19.2 Å². The summed E-state index contributed by atoms with van der Waals surface area (Å²) < 4.78 is 18.5. The minimum absolute atomic E-state index is 0.220. The third kappa shape index (κ3) is 29.3. The summed E-state index contributed by atoms with van der Waals surface area (Å²) in [6.45, 7) is 19.0. The van der Waals surface area contributed by atoms with Crippen molar-refractivity contribution in [3.8, 4) is 0 Å². The van der Waals surface area contributed by atoms with Crippen molar-refractivity contribution in [2.24, 2.45) is 0 Å². The SMILES string of the molecule is C=C(C(=O)OCC)C(=O)OCC.C=C(C(=O)OCC)C(=O)OCCCCC.CCCCCO.CCO. The van der Waals surface area contributed by atoms with E-state index in [1.54, 1.807) is 27.7 Å². The fraction of sp³-hybridized carbons (Fsp3) is 0.692. The lowest BCUT2D eigenvalue weighted by atomic mass is 10.2. The zero-order valence-electron chi connectivity index (χ0n) is 23.1. The number of ether oxygens (including phenoxy) is 4. The first-order valence-electron chi connectivity index (χ1n) is 12.4. The topological polar surface area (TPSA) is 146 Å². The molecular formula is C26H48O10. The molecule has 0 aromatic heterocycles.